The number of nitrogens with zero attached hydrogens (tertiary/aromatic N) is 2. The van der Waals surface area contributed by atoms with Gasteiger partial charge in [-0.1, -0.05) is 26.0 Å². The van der Waals surface area contributed by atoms with Gasteiger partial charge in [0.15, 0.2) is 0 Å². The molecule has 0 amide bonds. The van der Waals surface area contributed by atoms with Crippen molar-refractivity contribution in [3.05, 3.63) is 58.9 Å². The Morgan fingerprint density at radius 2 is 1.78 bits per heavy atom. The van der Waals surface area contributed by atoms with Crippen LogP contribution in [0.4, 0.5) is 5.69 Å². The van der Waals surface area contributed by atoms with E-state index in [0.717, 1.165) is 24.3 Å². The second-order valence-corrected chi connectivity index (χ2v) is 6.89. The zero-order valence-electron chi connectivity index (χ0n) is 15.9. The van der Waals surface area contributed by atoms with Crippen LogP contribution < -0.4 is 10.9 Å². The van der Waals surface area contributed by atoms with Gasteiger partial charge in [-0.3, -0.25) is 9.89 Å². The number of hydrogen-bond donors (Lipinski definition) is 2. The normalized spacial score (nSPS) is 10.5. The first kappa shape index (κ1) is 20.8. The molecule has 0 unspecified atom stereocenters. The Labute approximate surface area is 163 Å². The minimum Gasteiger partial charge on any atom is -0.388 e. The highest BCUT2D eigenvalue weighted by Crippen LogP contribution is 2.23. The molecule has 3 aromatic rings. The molecule has 27 heavy (non-hydrogen) atoms. The van der Waals surface area contributed by atoms with Gasteiger partial charge in [0.25, 0.3) is 5.56 Å². The average Bonchev–Trinajstić information content (AvgIpc) is 3.03. The van der Waals surface area contributed by atoms with Crippen LogP contribution in [0, 0.1) is 0 Å². The fourth-order valence-electron chi connectivity index (χ4n) is 2.50. The Balaban J connectivity index is 0.000000194. The van der Waals surface area contributed by atoms with Crippen molar-refractivity contribution in [3.63, 3.8) is 0 Å². The predicted octanol–water partition coefficient (Wildman–Crippen LogP) is 3.61. The van der Waals surface area contributed by atoms with Crippen LogP contribution in [0.25, 0.3) is 10.9 Å². The predicted molar refractivity (Wildman–Crippen MR) is 113 cm³/mol. The van der Waals surface area contributed by atoms with Crippen molar-refractivity contribution in [3.8, 4) is 0 Å². The van der Waals surface area contributed by atoms with Gasteiger partial charge in [-0.25, -0.2) is 8.99 Å². The van der Waals surface area contributed by atoms with Gasteiger partial charge < -0.3 is 10.1 Å². The number of aromatic nitrogens is 2. The largest absolute Gasteiger partial charge is 0.388 e. The first-order chi connectivity index (χ1) is 13.1. The van der Waals surface area contributed by atoms with Crippen molar-refractivity contribution in [2.45, 2.75) is 25.3 Å². The molecule has 0 saturated heterocycles. The summed E-state index contributed by atoms with van der Waals surface area (Å²) in [4.78, 5) is 23.0. The van der Waals surface area contributed by atoms with E-state index in [1.165, 1.54) is 9.58 Å². The minimum absolute atomic E-state index is 0.0769. The number of aldehydes is 1. The molecule has 144 valence electrons. The second kappa shape index (κ2) is 10.6. The molecule has 0 aliphatic carbocycles. The number of anilines is 1. The molecule has 0 atom stereocenters. The number of H-pyrrole nitrogens is 1. The molecule has 1 aromatic heterocycles. The summed E-state index contributed by atoms with van der Waals surface area (Å²) in [5, 5.41) is 6.57. The molecule has 0 saturated carbocycles. The molecule has 6 nitrogen and oxygen atoms in total. The number of carbonyl (C=O) groups excluding carboxylic acids is 1. The number of carbonyl (C=O) groups is 1. The van der Waals surface area contributed by atoms with E-state index < -0.39 is 0 Å². The highest BCUT2D eigenvalue weighted by atomic mass is 32.2. The van der Waals surface area contributed by atoms with Crippen molar-refractivity contribution in [2.24, 2.45) is 0 Å². The summed E-state index contributed by atoms with van der Waals surface area (Å²) in [5.74, 6) is 0. The Morgan fingerprint density at radius 1 is 1.11 bits per heavy atom. The molecule has 0 bridgehead atoms. The van der Waals surface area contributed by atoms with Crippen molar-refractivity contribution in [2.75, 3.05) is 25.5 Å². The molecule has 2 N–H and O–H groups in total. The lowest BCUT2D eigenvalue weighted by atomic mass is 10.3. The van der Waals surface area contributed by atoms with Crippen LogP contribution in [0.5, 0.6) is 0 Å². The number of hydrogen-bond acceptors (Lipinski definition) is 5. The maximum atomic E-state index is 11.5. The Morgan fingerprint density at radius 3 is 2.33 bits per heavy atom. The van der Waals surface area contributed by atoms with E-state index in [1.807, 2.05) is 25.1 Å². The quantitative estimate of drug-likeness (QED) is 0.480. The van der Waals surface area contributed by atoms with Gasteiger partial charge in [0.2, 0.25) is 0 Å². The summed E-state index contributed by atoms with van der Waals surface area (Å²) in [6.45, 7) is 6.59. The zero-order chi connectivity index (χ0) is 19.6. The van der Waals surface area contributed by atoms with Gasteiger partial charge in [-0.15, -0.1) is 0 Å². The van der Waals surface area contributed by atoms with Gasteiger partial charge in [0.1, 0.15) is 6.29 Å². The van der Waals surface area contributed by atoms with Crippen LogP contribution >= 0.6 is 11.9 Å². The van der Waals surface area contributed by atoms with E-state index >= 15 is 0 Å². The van der Waals surface area contributed by atoms with Gasteiger partial charge in [0.05, 0.1) is 17.4 Å². The summed E-state index contributed by atoms with van der Waals surface area (Å²) >= 11 is 1.81. The standard InChI is InChI=1S/C11H18N2S.C9H8N2O2/c1-4-13(5-2)14-11-8-6-10(12-3)7-9-11;12-6-5-11-9(13)7-3-1-2-4-8(7)10-11/h6-9,12H,4-5H2,1-3H3;1-4,6,10H,5H2. The molecule has 0 aliphatic heterocycles. The fourth-order valence-corrected chi connectivity index (χ4v) is 3.31. The van der Waals surface area contributed by atoms with E-state index in [4.69, 9.17) is 0 Å². The Bertz CT molecular complexity index is 898. The van der Waals surface area contributed by atoms with Gasteiger partial charge in [-0.2, -0.15) is 0 Å². The fraction of sp³-hybridized carbons (Fsp3) is 0.300. The second-order valence-electron chi connectivity index (χ2n) is 5.72. The topological polar surface area (TPSA) is 70.1 Å². The van der Waals surface area contributed by atoms with Crippen LogP contribution in [-0.4, -0.2) is 40.5 Å². The number of rotatable bonds is 7. The number of benzene rings is 2. The minimum atomic E-state index is -0.150. The third kappa shape index (κ3) is 5.74. The smallest absolute Gasteiger partial charge is 0.274 e. The lowest BCUT2D eigenvalue weighted by Crippen LogP contribution is -2.16. The molecule has 0 radical (unpaired) electrons. The van der Waals surface area contributed by atoms with Crippen LogP contribution in [0.15, 0.2) is 58.2 Å². The average molecular weight is 387 g/mol. The number of fused-ring (bicyclic) bond motifs is 1. The first-order valence-electron chi connectivity index (χ1n) is 8.94. The molecule has 7 heteroatoms. The Hall–Kier alpha value is -2.51. The number of nitrogens with one attached hydrogen (secondary N) is 2. The van der Waals surface area contributed by atoms with E-state index in [2.05, 4.69) is 52.8 Å². The first-order valence-corrected chi connectivity index (χ1v) is 9.72. The maximum absolute atomic E-state index is 11.5. The zero-order valence-corrected chi connectivity index (χ0v) is 16.8. The third-order valence-electron chi connectivity index (χ3n) is 4.00. The van der Waals surface area contributed by atoms with Crippen LogP contribution in [-0.2, 0) is 11.3 Å². The highest BCUT2D eigenvalue weighted by molar-refractivity contribution is 7.97. The molecular formula is C20H26N4O2S. The summed E-state index contributed by atoms with van der Waals surface area (Å²) in [6.07, 6.45) is 0.691. The van der Waals surface area contributed by atoms with Gasteiger partial charge in [-0.05, 0) is 48.3 Å². The lowest BCUT2D eigenvalue weighted by Gasteiger charge is -2.16. The Kier molecular flexibility index (Phi) is 8.16. The van der Waals surface area contributed by atoms with Crippen LogP contribution in [0.2, 0.25) is 0 Å². The van der Waals surface area contributed by atoms with Gasteiger partial charge in [0, 0.05) is 30.7 Å². The molecule has 0 fully saturated rings. The molecule has 1 heterocycles. The van der Waals surface area contributed by atoms with Crippen molar-refractivity contribution < 1.29 is 4.79 Å². The summed E-state index contributed by atoms with van der Waals surface area (Å²) in [5.41, 5.74) is 1.77. The van der Waals surface area contributed by atoms with Crippen molar-refractivity contribution >= 4 is 34.8 Å². The summed E-state index contributed by atoms with van der Waals surface area (Å²) < 4.78 is 3.62. The molecule has 2 aromatic carbocycles. The SMILES string of the molecule is CCN(CC)Sc1ccc(NC)cc1.O=CCn1[nH]c2ccccc2c1=O. The number of aromatic amines is 1. The molecule has 3 rings (SSSR count). The molecule has 0 aliphatic rings. The highest BCUT2D eigenvalue weighted by Gasteiger charge is 2.03. The van der Waals surface area contributed by atoms with Crippen LogP contribution in [0.1, 0.15) is 13.8 Å². The number of para-hydroxylation sites is 1. The van der Waals surface area contributed by atoms with E-state index in [0.29, 0.717) is 11.7 Å². The monoisotopic (exact) mass is 386 g/mol. The van der Waals surface area contributed by atoms with E-state index in [9.17, 15) is 9.59 Å². The van der Waals surface area contributed by atoms with Gasteiger partial charge >= 0.3 is 0 Å². The maximum Gasteiger partial charge on any atom is 0.274 e. The van der Waals surface area contributed by atoms with E-state index in [1.54, 1.807) is 18.2 Å². The molecular weight excluding hydrogens is 360 g/mol. The lowest BCUT2D eigenvalue weighted by molar-refractivity contribution is -0.108. The van der Waals surface area contributed by atoms with Crippen LogP contribution in [0.3, 0.4) is 0 Å². The van der Waals surface area contributed by atoms with Crippen molar-refractivity contribution in [1.82, 2.24) is 14.1 Å². The third-order valence-corrected chi connectivity index (χ3v) is 5.26. The molecule has 0 spiro atoms. The summed E-state index contributed by atoms with van der Waals surface area (Å²) in [7, 11) is 1.94. The van der Waals surface area contributed by atoms with Crippen molar-refractivity contribution in [1.29, 1.82) is 0 Å². The van der Waals surface area contributed by atoms with E-state index in [-0.39, 0.29) is 12.1 Å². The summed E-state index contributed by atoms with van der Waals surface area (Å²) in [6, 6.07) is 15.7.